The number of carboxylic acid groups (broad SMARTS) is 1. The third-order valence-corrected chi connectivity index (χ3v) is 2.68. The zero-order valence-electron chi connectivity index (χ0n) is 9.68. The van der Waals surface area contributed by atoms with Gasteiger partial charge in [0.25, 0.3) is 0 Å². The molecule has 0 spiro atoms. The van der Waals surface area contributed by atoms with Crippen LogP contribution in [0.3, 0.4) is 0 Å². The van der Waals surface area contributed by atoms with Crippen molar-refractivity contribution in [1.29, 1.82) is 0 Å². The summed E-state index contributed by atoms with van der Waals surface area (Å²) in [7, 11) is 0. The van der Waals surface area contributed by atoms with Gasteiger partial charge < -0.3 is 9.84 Å². The van der Waals surface area contributed by atoms with Gasteiger partial charge in [0, 0.05) is 5.02 Å². The van der Waals surface area contributed by atoms with Crippen LogP contribution in [0.15, 0.2) is 42.5 Å². The lowest BCUT2D eigenvalue weighted by molar-refractivity contribution is 0.0696. The van der Waals surface area contributed by atoms with Crippen molar-refractivity contribution in [2.75, 3.05) is 0 Å². The van der Waals surface area contributed by atoms with Crippen molar-refractivity contribution in [2.24, 2.45) is 0 Å². The van der Waals surface area contributed by atoms with E-state index in [-0.39, 0.29) is 5.56 Å². The van der Waals surface area contributed by atoms with Crippen LogP contribution < -0.4 is 4.74 Å². The fraction of sp³-hybridized carbons (Fsp3) is 0.0714. The first-order valence-electron chi connectivity index (χ1n) is 5.33. The van der Waals surface area contributed by atoms with E-state index < -0.39 is 5.97 Å². The number of rotatable bonds is 3. The van der Waals surface area contributed by atoms with E-state index in [0.717, 1.165) is 5.56 Å². The van der Waals surface area contributed by atoms with Crippen LogP contribution in [0.5, 0.6) is 11.5 Å². The summed E-state index contributed by atoms with van der Waals surface area (Å²) in [4.78, 5) is 10.8. The average molecular weight is 263 g/mol. The van der Waals surface area contributed by atoms with Gasteiger partial charge in [-0.2, -0.15) is 0 Å². The Morgan fingerprint density at radius 2 is 2.00 bits per heavy atom. The van der Waals surface area contributed by atoms with E-state index in [1.54, 1.807) is 30.3 Å². The van der Waals surface area contributed by atoms with Crippen LogP contribution in [0, 0.1) is 6.92 Å². The number of hydrogen-bond donors (Lipinski definition) is 1. The minimum atomic E-state index is -0.978. The fourth-order valence-corrected chi connectivity index (χ4v) is 1.77. The minimum absolute atomic E-state index is 0.194. The van der Waals surface area contributed by atoms with Crippen molar-refractivity contribution < 1.29 is 14.6 Å². The highest BCUT2D eigenvalue weighted by Crippen LogP contribution is 2.27. The second kappa shape index (κ2) is 5.10. The van der Waals surface area contributed by atoms with Gasteiger partial charge in [-0.1, -0.05) is 17.7 Å². The molecule has 0 atom stereocenters. The molecule has 0 amide bonds. The number of benzene rings is 2. The molecule has 0 unspecified atom stereocenters. The largest absolute Gasteiger partial charge is 0.478 e. The highest BCUT2D eigenvalue weighted by Gasteiger charge is 2.06. The first-order valence-corrected chi connectivity index (χ1v) is 5.71. The minimum Gasteiger partial charge on any atom is -0.478 e. The van der Waals surface area contributed by atoms with Crippen molar-refractivity contribution in [3.05, 3.63) is 58.6 Å². The Morgan fingerprint density at radius 1 is 1.22 bits per heavy atom. The number of carboxylic acids is 1. The Balaban J connectivity index is 2.28. The standard InChI is InChI=1S/C14H11ClO3/c1-9-7-11(15)5-6-13(9)18-12-4-2-3-10(8-12)14(16)17/h2-8H,1H3,(H,16,17). The van der Waals surface area contributed by atoms with Crippen LogP contribution in [0.25, 0.3) is 0 Å². The number of aromatic carboxylic acids is 1. The molecule has 18 heavy (non-hydrogen) atoms. The van der Waals surface area contributed by atoms with E-state index in [0.29, 0.717) is 16.5 Å². The molecule has 2 rings (SSSR count). The molecule has 0 aliphatic rings. The van der Waals surface area contributed by atoms with Crippen molar-refractivity contribution in [1.82, 2.24) is 0 Å². The Morgan fingerprint density at radius 3 is 2.67 bits per heavy atom. The highest BCUT2D eigenvalue weighted by atomic mass is 35.5. The number of aryl methyl sites for hydroxylation is 1. The first-order chi connectivity index (χ1) is 8.56. The number of hydrogen-bond acceptors (Lipinski definition) is 2. The lowest BCUT2D eigenvalue weighted by Crippen LogP contribution is -1.96. The molecule has 0 saturated carbocycles. The van der Waals surface area contributed by atoms with Gasteiger partial charge in [0.05, 0.1) is 5.56 Å². The van der Waals surface area contributed by atoms with Gasteiger partial charge in [0.1, 0.15) is 11.5 Å². The second-order valence-electron chi connectivity index (χ2n) is 3.84. The summed E-state index contributed by atoms with van der Waals surface area (Å²) in [5.74, 6) is 0.163. The van der Waals surface area contributed by atoms with Crippen LogP contribution in [0.1, 0.15) is 15.9 Å². The molecule has 0 fully saturated rings. The molecule has 4 heteroatoms. The number of carbonyl (C=O) groups is 1. The summed E-state index contributed by atoms with van der Waals surface area (Å²) < 4.78 is 5.63. The van der Waals surface area contributed by atoms with E-state index in [4.69, 9.17) is 21.4 Å². The van der Waals surface area contributed by atoms with Crippen molar-refractivity contribution in [2.45, 2.75) is 6.92 Å². The van der Waals surface area contributed by atoms with E-state index in [1.165, 1.54) is 12.1 Å². The van der Waals surface area contributed by atoms with Gasteiger partial charge in [0.2, 0.25) is 0 Å². The molecular weight excluding hydrogens is 252 g/mol. The Bertz CT molecular complexity index is 593. The summed E-state index contributed by atoms with van der Waals surface area (Å²) in [6.07, 6.45) is 0. The fourth-order valence-electron chi connectivity index (χ4n) is 1.55. The molecule has 0 aromatic heterocycles. The van der Waals surface area contributed by atoms with Crippen molar-refractivity contribution >= 4 is 17.6 Å². The van der Waals surface area contributed by atoms with Crippen LogP contribution >= 0.6 is 11.6 Å². The third-order valence-electron chi connectivity index (χ3n) is 2.45. The predicted octanol–water partition coefficient (Wildman–Crippen LogP) is 4.14. The summed E-state index contributed by atoms with van der Waals surface area (Å²) >= 11 is 5.85. The van der Waals surface area contributed by atoms with E-state index in [2.05, 4.69) is 0 Å². The Labute approximate surface area is 110 Å². The summed E-state index contributed by atoms with van der Waals surface area (Å²) in [6, 6.07) is 11.6. The lowest BCUT2D eigenvalue weighted by Gasteiger charge is -2.09. The van der Waals surface area contributed by atoms with Gasteiger partial charge in [-0.15, -0.1) is 0 Å². The second-order valence-corrected chi connectivity index (χ2v) is 4.28. The smallest absolute Gasteiger partial charge is 0.335 e. The van der Waals surface area contributed by atoms with Crippen LogP contribution in [-0.2, 0) is 0 Å². The zero-order valence-corrected chi connectivity index (χ0v) is 10.4. The average Bonchev–Trinajstić information content (AvgIpc) is 2.33. The summed E-state index contributed by atoms with van der Waals surface area (Å²) in [5, 5.41) is 9.53. The highest BCUT2D eigenvalue weighted by molar-refractivity contribution is 6.30. The van der Waals surface area contributed by atoms with E-state index in [9.17, 15) is 4.79 Å². The van der Waals surface area contributed by atoms with Crippen LogP contribution in [0.4, 0.5) is 0 Å². The molecule has 0 saturated heterocycles. The monoisotopic (exact) mass is 262 g/mol. The molecule has 0 aliphatic heterocycles. The van der Waals surface area contributed by atoms with Crippen molar-refractivity contribution in [3.8, 4) is 11.5 Å². The maximum absolute atomic E-state index is 10.8. The molecule has 3 nitrogen and oxygen atoms in total. The molecule has 2 aromatic carbocycles. The summed E-state index contributed by atoms with van der Waals surface area (Å²) in [5.41, 5.74) is 1.09. The molecule has 1 N–H and O–H groups in total. The molecule has 92 valence electrons. The molecule has 0 heterocycles. The third kappa shape index (κ3) is 2.81. The molecule has 0 radical (unpaired) electrons. The first kappa shape index (κ1) is 12.5. The van der Waals surface area contributed by atoms with Gasteiger partial charge in [-0.25, -0.2) is 4.79 Å². The van der Waals surface area contributed by atoms with Gasteiger partial charge >= 0.3 is 5.97 Å². The zero-order chi connectivity index (χ0) is 13.1. The number of ether oxygens (including phenoxy) is 1. The topological polar surface area (TPSA) is 46.5 Å². The number of halogens is 1. The maximum Gasteiger partial charge on any atom is 0.335 e. The normalized spacial score (nSPS) is 10.1. The Hall–Kier alpha value is -2.00. The van der Waals surface area contributed by atoms with E-state index >= 15 is 0 Å². The quantitative estimate of drug-likeness (QED) is 0.904. The lowest BCUT2D eigenvalue weighted by atomic mass is 10.2. The summed E-state index contributed by atoms with van der Waals surface area (Å²) in [6.45, 7) is 1.88. The van der Waals surface area contributed by atoms with Gasteiger partial charge in [0.15, 0.2) is 0 Å². The molecule has 2 aromatic rings. The van der Waals surface area contributed by atoms with Gasteiger partial charge in [-0.05, 0) is 48.9 Å². The van der Waals surface area contributed by atoms with Crippen LogP contribution in [0.2, 0.25) is 5.02 Å². The molecular formula is C14H11ClO3. The molecule has 0 bridgehead atoms. The van der Waals surface area contributed by atoms with Gasteiger partial charge in [-0.3, -0.25) is 0 Å². The SMILES string of the molecule is Cc1cc(Cl)ccc1Oc1cccc(C(=O)O)c1. The Kier molecular flexibility index (Phi) is 3.53. The molecule has 0 aliphatic carbocycles. The maximum atomic E-state index is 10.8. The van der Waals surface area contributed by atoms with Crippen LogP contribution in [-0.4, -0.2) is 11.1 Å². The predicted molar refractivity (Wildman–Crippen MR) is 69.7 cm³/mol. The van der Waals surface area contributed by atoms with Crippen molar-refractivity contribution in [3.63, 3.8) is 0 Å². The van der Waals surface area contributed by atoms with E-state index in [1.807, 2.05) is 6.92 Å².